The lowest BCUT2D eigenvalue weighted by molar-refractivity contribution is -0.149. The van der Waals surface area contributed by atoms with Crippen LogP contribution in [0.15, 0.2) is 24.3 Å². The van der Waals surface area contributed by atoms with Crippen molar-refractivity contribution in [3.05, 3.63) is 35.4 Å². The molecule has 2 rings (SSSR count). The van der Waals surface area contributed by atoms with Gasteiger partial charge in [-0.25, -0.2) is 0 Å². The molecule has 0 amide bonds. The predicted octanol–water partition coefficient (Wildman–Crippen LogP) is 1.96. The van der Waals surface area contributed by atoms with Gasteiger partial charge >= 0.3 is 0 Å². The van der Waals surface area contributed by atoms with Crippen molar-refractivity contribution in [2.45, 2.75) is 25.7 Å². The summed E-state index contributed by atoms with van der Waals surface area (Å²) in [7, 11) is 0. The summed E-state index contributed by atoms with van der Waals surface area (Å²) in [6, 6.07) is 7.67. The minimum atomic E-state index is -0.614. The molecule has 3 heteroatoms. The van der Waals surface area contributed by atoms with Gasteiger partial charge in [-0.05, 0) is 19.4 Å². The number of hydrogen-bond donors (Lipinski definition) is 1. The van der Waals surface area contributed by atoms with Crippen LogP contribution in [-0.4, -0.2) is 18.3 Å². The van der Waals surface area contributed by atoms with Gasteiger partial charge in [-0.3, -0.25) is 0 Å². The molecule has 3 nitrogen and oxygen atoms in total. The van der Waals surface area contributed by atoms with Gasteiger partial charge in [-0.2, -0.15) is 0 Å². The van der Waals surface area contributed by atoms with E-state index in [2.05, 4.69) is 0 Å². The number of ether oxygens (including phenoxy) is 2. The molecule has 1 unspecified atom stereocenters. The average molecular weight is 208 g/mol. The summed E-state index contributed by atoms with van der Waals surface area (Å²) < 4.78 is 11.1. The summed E-state index contributed by atoms with van der Waals surface area (Å²) in [5.74, 6) is -0.614. The van der Waals surface area contributed by atoms with E-state index in [0.29, 0.717) is 13.2 Å². The highest BCUT2D eigenvalue weighted by Crippen LogP contribution is 2.31. The molecule has 0 aromatic heterocycles. The third-order valence-electron chi connectivity index (χ3n) is 2.76. The Morgan fingerprint density at radius 1 is 1.20 bits per heavy atom. The lowest BCUT2D eigenvalue weighted by Gasteiger charge is -2.23. The molecule has 1 aliphatic heterocycles. The highest BCUT2D eigenvalue weighted by Gasteiger charge is 2.32. The Kier molecular flexibility index (Phi) is 2.78. The predicted molar refractivity (Wildman–Crippen MR) is 56.3 cm³/mol. The summed E-state index contributed by atoms with van der Waals surface area (Å²) >= 11 is 0. The van der Waals surface area contributed by atoms with Gasteiger partial charge in [0.25, 0.3) is 0 Å². The summed E-state index contributed by atoms with van der Waals surface area (Å²) in [6.07, 6.45) is -0.433. The molecule has 0 saturated carbocycles. The number of hydrogen-bond acceptors (Lipinski definition) is 3. The van der Waals surface area contributed by atoms with E-state index in [-0.39, 0.29) is 0 Å². The van der Waals surface area contributed by atoms with Gasteiger partial charge in [0.05, 0.1) is 19.3 Å². The maximum absolute atomic E-state index is 9.38. The third kappa shape index (κ3) is 2.04. The molecule has 1 N–H and O–H groups in total. The first-order valence-electron chi connectivity index (χ1n) is 5.18. The smallest absolute Gasteiger partial charge is 0.192 e. The van der Waals surface area contributed by atoms with Crippen LogP contribution in [0.5, 0.6) is 0 Å². The summed E-state index contributed by atoms with van der Waals surface area (Å²) in [5.41, 5.74) is 1.89. The summed E-state index contributed by atoms with van der Waals surface area (Å²) in [6.45, 7) is 4.93. The van der Waals surface area contributed by atoms with Crippen LogP contribution < -0.4 is 0 Å². The fraction of sp³-hybridized carbons (Fsp3) is 0.500. The lowest BCUT2D eigenvalue weighted by Crippen LogP contribution is -2.22. The maximum atomic E-state index is 9.38. The standard InChI is InChI=1S/C12H16O3/c1-9(13)10-3-5-11(6-4-10)12(2)14-7-8-15-12/h3-6,9,13H,7-8H2,1-2H3. The molecule has 1 saturated heterocycles. The molecule has 0 radical (unpaired) electrons. The van der Waals surface area contributed by atoms with Crippen molar-refractivity contribution < 1.29 is 14.6 Å². The van der Waals surface area contributed by atoms with E-state index in [1.165, 1.54) is 0 Å². The van der Waals surface area contributed by atoms with E-state index >= 15 is 0 Å². The molecule has 1 fully saturated rings. The van der Waals surface area contributed by atoms with Crippen LogP contribution in [0.1, 0.15) is 31.1 Å². The molecular weight excluding hydrogens is 192 g/mol. The van der Waals surface area contributed by atoms with Crippen molar-refractivity contribution in [1.29, 1.82) is 0 Å². The van der Waals surface area contributed by atoms with Gasteiger partial charge < -0.3 is 14.6 Å². The zero-order chi connectivity index (χ0) is 10.9. The highest BCUT2D eigenvalue weighted by molar-refractivity contribution is 5.27. The van der Waals surface area contributed by atoms with Gasteiger partial charge in [-0.15, -0.1) is 0 Å². The van der Waals surface area contributed by atoms with Crippen molar-refractivity contribution >= 4 is 0 Å². The first kappa shape index (κ1) is 10.6. The molecule has 1 aromatic rings. The monoisotopic (exact) mass is 208 g/mol. The van der Waals surface area contributed by atoms with Crippen LogP contribution >= 0.6 is 0 Å². The lowest BCUT2D eigenvalue weighted by atomic mass is 10.0. The molecule has 1 aliphatic rings. The van der Waals surface area contributed by atoms with Crippen molar-refractivity contribution in [3.63, 3.8) is 0 Å². The van der Waals surface area contributed by atoms with Crippen LogP contribution in [0, 0.1) is 0 Å². The fourth-order valence-corrected chi connectivity index (χ4v) is 1.75. The molecule has 1 aromatic carbocycles. The zero-order valence-corrected chi connectivity index (χ0v) is 9.06. The van der Waals surface area contributed by atoms with Crippen molar-refractivity contribution in [3.8, 4) is 0 Å². The van der Waals surface area contributed by atoms with E-state index in [1.807, 2.05) is 31.2 Å². The number of benzene rings is 1. The largest absolute Gasteiger partial charge is 0.389 e. The Morgan fingerprint density at radius 3 is 2.20 bits per heavy atom. The van der Waals surface area contributed by atoms with Crippen LogP contribution in [-0.2, 0) is 15.3 Å². The van der Waals surface area contributed by atoms with Crippen LogP contribution in [0.4, 0.5) is 0 Å². The number of aliphatic hydroxyl groups excluding tert-OH is 1. The minimum Gasteiger partial charge on any atom is -0.389 e. The second-order valence-electron chi connectivity index (χ2n) is 3.94. The molecule has 1 atom stereocenters. The molecular formula is C12H16O3. The Hall–Kier alpha value is -0.900. The molecule has 0 spiro atoms. The van der Waals surface area contributed by atoms with Gasteiger partial charge in [0.15, 0.2) is 5.79 Å². The zero-order valence-electron chi connectivity index (χ0n) is 9.06. The van der Waals surface area contributed by atoms with Gasteiger partial charge in [0, 0.05) is 5.56 Å². The van der Waals surface area contributed by atoms with E-state index in [1.54, 1.807) is 6.92 Å². The van der Waals surface area contributed by atoms with Crippen LogP contribution in [0.3, 0.4) is 0 Å². The second-order valence-corrected chi connectivity index (χ2v) is 3.94. The molecule has 0 aliphatic carbocycles. The van der Waals surface area contributed by atoms with Crippen LogP contribution in [0.2, 0.25) is 0 Å². The summed E-state index contributed by atoms with van der Waals surface area (Å²) in [5, 5.41) is 9.38. The van der Waals surface area contributed by atoms with E-state index in [9.17, 15) is 5.11 Å². The van der Waals surface area contributed by atoms with Crippen molar-refractivity contribution in [2.75, 3.05) is 13.2 Å². The Morgan fingerprint density at radius 2 is 1.73 bits per heavy atom. The first-order chi connectivity index (χ1) is 7.12. The normalized spacial score (nSPS) is 21.5. The Labute approximate surface area is 89.6 Å². The molecule has 1 heterocycles. The molecule has 0 bridgehead atoms. The quantitative estimate of drug-likeness (QED) is 0.807. The van der Waals surface area contributed by atoms with Gasteiger partial charge in [0.2, 0.25) is 0 Å². The van der Waals surface area contributed by atoms with Crippen LogP contribution in [0.25, 0.3) is 0 Å². The number of rotatable bonds is 2. The van der Waals surface area contributed by atoms with Gasteiger partial charge in [0.1, 0.15) is 0 Å². The Bertz CT molecular complexity index is 323. The fourth-order valence-electron chi connectivity index (χ4n) is 1.75. The summed E-state index contributed by atoms with van der Waals surface area (Å²) in [4.78, 5) is 0. The van der Waals surface area contributed by atoms with Crippen molar-refractivity contribution in [2.24, 2.45) is 0 Å². The van der Waals surface area contributed by atoms with E-state index < -0.39 is 11.9 Å². The van der Waals surface area contributed by atoms with Gasteiger partial charge in [-0.1, -0.05) is 24.3 Å². The topological polar surface area (TPSA) is 38.7 Å². The van der Waals surface area contributed by atoms with E-state index in [0.717, 1.165) is 11.1 Å². The van der Waals surface area contributed by atoms with Crippen molar-refractivity contribution in [1.82, 2.24) is 0 Å². The Balaban J connectivity index is 2.23. The highest BCUT2D eigenvalue weighted by atomic mass is 16.7. The number of aliphatic hydroxyl groups is 1. The average Bonchev–Trinajstić information content (AvgIpc) is 2.67. The second kappa shape index (κ2) is 3.93. The van der Waals surface area contributed by atoms with E-state index in [4.69, 9.17) is 9.47 Å². The molecule has 82 valence electrons. The first-order valence-corrected chi connectivity index (χ1v) is 5.18. The maximum Gasteiger partial charge on any atom is 0.192 e. The SMILES string of the molecule is CC(O)c1ccc(C2(C)OCCO2)cc1. The third-order valence-corrected chi connectivity index (χ3v) is 2.76. The molecule has 15 heavy (non-hydrogen) atoms. The minimum absolute atomic E-state index is 0.433.